The van der Waals surface area contributed by atoms with Crippen LogP contribution in [0.25, 0.3) is 0 Å². The largest absolute Gasteiger partial charge is 0.405 e. The molecule has 2 amide bonds. The normalized spacial score (nSPS) is 16.0. The van der Waals surface area contributed by atoms with Crippen LogP contribution < -0.4 is 10.2 Å². The second-order valence-corrected chi connectivity index (χ2v) is 4.72. The Bertz CT molecular complexity index is 481. The van der Waals surface area contributed by atoms with Crippen LogP contribution in [-0.4, -0.2) is 49.8 Å². The van der Waals surface area contributed by atoms with Crippen molar-refractivity contribution in [3.05, 3.63) is 30.1 Å². The summed E-state index contributed by atoms with van der Waals surface area (Å²) in [4.78, 5) is 14.9. The molecule has 1 heterocycles. The Kier molecular flexibility index (Phi) is 4.54. The summed E-state index contributed by atoms with van der Waals surface area (Å²) < 4.78 is 48.9. The number of carbonyl (C=O) groups is 1. The van der Waals surface area contributed by atoms with Gasteiger partial charge in [0.05, 0.1) is 0 Å². The zero-order chi connectivity index (χ0) is 15.5. The van der Waals surface area contributed by atoms with Crippen molar-refractivity contribution in [3.63, 3.8) is 0 Å². The summed E-state index contributed by atoms with van der Waals surface area (Å²) in [5.74, 6) is -0.330. The molecule has 1 aromatic carbocycles. The van der Waals surface area contributed by atoms with Crippen molar-refractivity contribution < 1.29 is 22.4 Å². The van der Waals surface area contributed by atoms with Crippen molar-refractivity contribution in [2.75, 3.05) is 37.6 Å². The van der Waals surface area contributed by atoms with E-state index in [0.29, 0.717) is 26.2 Å². The van der Waals surface area contributed by atoms with Crippen LogP contribution in [0.2, 0.25) is 0 Å². The van der Waals surface area contributed by atoms with Gasteiger partial charge in [-0.25, -0.2) is 9.18 Å². The number of urea groups is 1. The van der Waals surface area contributed by atoms with Crippen molar-refractivity contribution in [3.8, 4) is 0 Å². The van der Waals surface area contributed by atoms with Gasteiger partial charge in [-0.05, 0) is 24.3 Å². The average Bonchev–Trinajstić information content (AvgIpc) is 2.45. The molecule has 0 atom stereocenters. The molecule has 0 spiro atoms. The quantitative estimate of drug-likeness (QED) is 0.851. The zero-order valence-electron chi connectivity index (χ0n) is 11.2. The molecule has 1 aliphatic rings. The van der Waals surface area contributed by atoms with Crippen molar-refractivity contribution in [1.82, 2.24) is 10.2 Å². The molecule has 116 valence electrons. The summed E-state index contributed by atoms with van der Waals surface area (Å²) in [6.07, 6.45) is -4.41. The molecule has 0 unspecified atom stereocenters. The van der Waals surface area contributed by atoms with Crippen LogP contribution in [0.1, 0.15) is 0 Å². The van der Waals surface area contributed by atoms with Crippen LogP contribution in [0.5, 0.6) is 0 Å². The summed E-state index contributed by atoms with van der Waals surface area (Å²) in [7, 11) is 0. The van der Waals surface area contributed by atoms with Gasteiger partial charge >= 0.3 is 12.2 Å². The molecule has 1 aliphatic heterocycles. The van der Waals surface area contributed by atoms with Gasteiger partial charge in [-0.2, -0.15) is 13.2 Å². The van der Waals surface area contributed by atoms with E-state index in [4.69, 9.17) is 0 Å². The monoisotopic (exact) mass is 305 g/mol. The van der Waals surface area contributed by atoms with Crippen molar-refractivity contribution in [2.24, 2.45) is 0 Å². The third kappa shape index (κ3) is 4.51. The number of piperazine rings is 1. The maximum atomic E-state index is 12.8. The van der Waals surface area contributed by atoms with E-state index in [1.54, 1.807) is 12.1 Å². The van der Waals surface area contributed by atoms with Gasteiger partial charge in [0.2, 0.25) is 0 Å². The number of alkyl halides is 3. The van der Waals surface area contributed by atoms with E-state index >= 15 is 0 Å². The second kappa shape index (κ2) is 6.19. The van der Waals surface area contributed by atoms with Crippen LogP contribution in [0.3, 0.4) is 0 Å². The standard InChI is InChI=1S/C13H15F4N3O/c14-10-1-3-11(4-2-10)19-5-7-20(8-6-19)12(21)18-9-13(15,16)17/h1-4H,5-9H2,(H,18,21). The third-order valence-corrected chi connectivity index (χ3v) is 3.20. The van der Waals surface area contributed by atoms with Gasteiger partial charge in [0.15, 0.2) is 0 Å². The molecule has 1 aromatic rings. The first kappa shape index (κ1) is 15.4. The summed E-state index contributed by atoms with van der Waals surface area (Å²) in [6, 6.07) is 5.24. The number of anilines is 1. The Labute approximate surface area is 119 Å². The first-order valence-corrected chi connectivity index (χ1v) is 6.45. The molecule has 0 aliphatic carbocycles. The third-order valence-electron chi connectivity index (χ3n) is 3.20. The van der Waals surface area contributed by atoms with Gasteiger partial charge in [-0.15, -0.1) is 0 Å². The molecular formula is C13H15F4N3O. The first-order valence-electron chi connectivity index (χ1n) is 6.45. The molecule has 2 rings (SSSR count). The van der Waals surface area contributed by atoms with Crippen LogP contribution >= 0.6 is 0 Å². The van der Waals surface area contributed by atoms with E-state index in [-0.39, 0.29) is 5.82 Å². The highest BCUT2D eigenvalue weighted by Crippen LogP contribution is 2.17. The molecule has 0 bridgehead atoms. The van der Waals surface area contributed by atoms with Crippen LogP contribution in [0, 0.1) is 5.82 Å². The molecule has 1 saturated heterocycles. The van der Waals surface area contributed by atoms with Crippen LogP contribution in [-0.2, 0) is 0 Å². The summed E-state index contributed by atoms with van der Waals surface area (Å²) in [5, 5.41) is 1.85. The molecule has 21 heavy (non-hydrogen) atoms. The minimum absolute atomic E-state index is 0.321. The molecule has 4 nitrogen and oxygen atoms in total. The van der Waals surface area contributed by atoms with E-state index in [9.17, 15) is 22.4 Å². The molecule has 8 heteroatoms. The number of hydrogen-bond acceptors (Lipinski definition) is 2. The summed E-state index contributed by atoms with van der Waals surface area (Å²) >= 11 is 0. The Morgan fingerprint density at radius 1 is 1.10 bits per heavy atom. The van der Waals surface area contributed by atoms with Crippen LogP contribution in [0.15, 0.2) is 24.3 Å². The van der Waals surface area contributed by atoms with Crippen LogP contribution in [0.4, 0.5) is 28.0 Å². The summed E-state index contributed by atoms with van der Waals surface area (Å²) in [6.45, 7) is 0.294. The fourth-order valence-corrected chi connectivity index (χ4v) is 2.11. The number of nitrogens with one attached hydrogen (secondary N) is 1. The maximum Gasteiger partial charge on any atom is 0.405 e. The Balaban J connectivity index is 1.82. The lowest BCUT2D eigenvalue weighted by atomic mass is 10.2. The number of benzene rings is 1. The second-order valence-electron chi connectivity index (χ2n) is 4.72. The zero-order valence-corrected chi connectivity index (χ0v) is 11.2. The van der Waals surface area contributed by atoms with Gasteiger partial charge in [-0.3, -0.25) is 0 Å². The molecule has 0 aromatic heterocycles. The number of carbonyl (C=O) groups excluding carboxylic acids is 1. The number of hydrogen-bond donors (Lipinski definition) is 1. The lowest BCUT2D eigenvalue weighted by Crippen LogP contribution is -2.53. The topological polar surface area (TPSA) is 35.6 Å². The predicted octanol–water partition coefficient (Wildman–Crippen LogP) is 2.22. The Morgan fingerprint density at radius 3 is 2.19 bits per heavy atom. The predicted molar refractivity (Wildman–Crippen MR) is 69.6 cm³/mol. The lowest BCUT2D eigenvalue weighted by Gasteiger charge is -2.36. The number of rotatable bonds is 2. The van der Waals surface area contributed by atoms with Crippen molar-refractivity contribution >= 4 is 11.7 Å². The lowest BCUT2D eigenvalue weighted by molar-refractivity contribution is -0.123. The molecule has 0 radical (unpaired) electrons. The van der Waals surface area contributed by atoms with Gasteiger partial charge in [0.1, 0.15) is 12.4 Å². The molecule has 1 N–H and O–H groups in total. The average molecular weight is 305 g/mol. The highest BCUT2D eigenvalue weighted by molar-refractivity contribution is 5.74. The molecule has 0 saturated carbocycles. The maximum absolute atomic E-state index is 12.8. The SMILES string of the molecule is O=C(NCC(F)(F)F)N1CCN(c2ccc(F)cc2)CC1. The first-order chi connectivity index (χ1) is 9.85. The number of halogens is 4. The highest BCUT2D eigenvalue weighted by Gasteiger charge is 2.29. The van der Waals surface area contributed by atoms with Gasteiger partial charge < -0.3 is 15.1 Å². The van der Waals surface area contributed by atoms with Crippen molar-refractivity contribution in [1.29, 1.82) is 0 Å². The minimum Gasteiger partial charge on any atom is -0.368 e. The number of nitrogens with zero attached hydrogens (tertiary/aromatic N) is 2. The fourth-order valence-electron chi connectivity index (χ4n) is 2.11. The number of amides is 2. The smallest absolute Gasteiger partial charge is 0.368 e. The van der Waals surface area contributed by atoms with E-state index in [1.807, 2.05) is 10.2 Å². The Hall–Kier alpha value is -1.99. The Morgan fingerprint density at radius 2 is 1.67 bits per heavy atom. The fraction of sp³-hybridized carbons (Fsp3) is 0.462. The highest BCUT2D eigenvalue weighted by atomic mass is 19.4. The van der Waals surface area contributed by atoms with Gasteiger partial charge in [0.25, 0.3) is 0 Å². The van der Waals surface area contributed by atoms with E-state index < -0.39 is 18.8 Å². The van der Waals surface area contributed by atoms with Gasteiger partial charge in [-0.1, -0.05) is 0 Å². The summed E-state index contributed by atoms with van der Waals surface area (Å²) in [5.41, 5.74) is 0.826. The van der Waals surface area contributed by atoms with E-state index in [0.717, 1.165) is 5.69 Å². The molecule has 1 fully saturated rings. The molecular weight excluding hydrogens is 290 g/mol. The minimum atomic E-state index is -4.41. The van der Waals surface area contributed by atoms with E-state index in [2.05, 4.69) is 0 Å². The van der Waals surface area contributed by atoms with Crippen molar-refractivity contribution in [2.45, 2.75) is 6.18 Å². The van der Waals surface area contributed by atoms with Gasteiger partial charge in [0, 0.05) is 31.9 Å². The van der Waals surface area contributed by atoms with E-state index in [1.165, 1.54) is 17.0 Å².